The van der Waals surface area contributed by atoms with Crippen molar-refractivity contribution in [3.63, 3.8) is 0 Å². The number of thiazole rings is 1. The Labute approximate surface area is 177 Å². The van der Waals surface area contributed by atoms with Gasteiger partial charge in [0, 0.05) is 41.1 Å². The van der Waals surface area contributed by atoms with E-state index in [0.717, 1.165) is 39.2 Å². The van der Waals surface area contributed by atoms with E-state index in [-0.39, 0.29) is 0 Å². The van der Waals surface area contributed by atoms with Gasteiger partial charge in [-0.1, -0.05) is 6.42 Å². The summed E-state index contributed by atoms with van der Waals surface area (Å²) >= 11 is 1.82. The number of hydrogen-bond acceptors (Lipinski definition) is 6. The van der Waals surface area contributed by atoms with Crippen LogP contribution in [-0.4, -0.2) is 19.9 Å². The molecule has 5 aromatic rings. The lowest BCUT2D eigenvalue weighted by atomic mass is 9.86. The number of anilines is 2. The molecule has 0 bridgehead atoms. The van der Waals surface area contributed by atoms with E-state index >= 15 is 0 Å². The fourth-order valence-electron chi connectivity index (χ4n) is 3.83. The van der Waals surface area contributed by atoms with E-state index in [1.54, 1.807) is 12.4 Å². The van der Waals surface area contributed by atoms with Crippen LogP contribution >= 0.6 is 11.3 Å². The summed E-state index contributed by atoms with van der Waals surface area (Å²) in [7, 11) is 0. The van der Waals surface area contributed by atoms with Crippen molar-refractivity contribution < 1.29 is 0 Å². The summed E-state index contributed by atoms with van der Waals surface area (Å²) < 4.78 is 1.22. The molecule has 146 valence electrons. The van der Waals surface area contributed by atoms with Crippen LogP contribution in [0.15, 0.2) is 67.1 Å². The van der Waals surface area contributed by atoms with E-state index < -0.39 is 0 Å². The van der Waals surface area contributed by atoms with Gasteiger partial charge in [0.25, 0.3) is 0 Å². The van der Waals surface area contributed by atoms with Crippen LogP contribution in [0.5, 0.6) is 0 Å². The Morgan fingerprint density at radius 1 is 0.900 bits per heavy atom. The zero-order chi connectivity index (χ0) is 19.9. The second kappa shape index (κ2) is 7.15. The number of pyridine rings is 3. The number of nitrogens with one attached hydrogen (secondary N) is 1. The summed E-state index contributed by atoms with van der Waals surface area (Å²) in [5.41, 5.74) is 4.89. The second-order valence-electron chi connectivity index (χ2n) is 7.65. The van der Waals surface area contributed by atoms with Gasteiger partial charge in [-0.15, -0.1) is 11.3 Å². The SMILES string of the molecule is c1cnc2cc(-c3ccncc3)nc(Nc3ccc4nc(C5CCC5)sc4c3)c2c1. The van der Waals surface area contributed by atoms with Crippen LogP contribution in [0.2, 0.25) is 0 Å². The second-order valence-corrected chi connectivity index (χ2v) is 8.71. The molecule has 5 nitrogen and oxygen atoms in total. The van der Waals surface area contributed by atoms with Gasteiger partial charge in [0.15, 0.2) is 0 Å². The largest absolute Gasteiger partial charge is 0.340 e. The van der Waals surface area contributed by atoms with Crippen molar-refractivity contribution in [1.82, 2.24) is 19.9 Å². The predicted molar refractivity (Wildman–Crippen MR) is 122 cm³/mol. The number of rotatable bonds is 4. The highest BCUT2D eigenvalue weighted by Gasteiger charge is 2.23. The first-order chi connectivity index (χ1) is 14.8. The van der Waals surface area contributed by atoms with Crippen LogP contribution in [0, 0.1) is 0 Å². The molecule has 4 aromatic heterocycles. The highest BCUT2D eigenvalue weighted by Crippen LogP contribution is 2.40. The Morgan fingerprint density at radius 3 is 2.63 bits per heavy atom. The minimum atomic E-state index is 0.660. The Kier molecular flexibility index (Phi) is 4.16. The molecule has 0 radical (unpaired) electrons. The molecule has 0 unspecified atom stereocenters. The summed E-state index contributed by atoms with van der Waals surface area (Å²) in [5.74, 6) is 1.46. The van der Waals surface area contributed by atoms with E-state index in [9.17, 15) is 0 Å². The summed E-state index contributed by atoms with van der Waals surface area (Å²) in [5, 5.41) is 5.80. The van der Waals surface area contributed by atoms with Crippen LogP contribution in [0.25, 0.3) is 32.4 Å². The monoisotopic (exact) mass is 409 g/mol. The van der Waals surface area contributed by atoms with Gasteiger partial charge < -0.3 is 5.32 Å². The topological polar surface area (TPSA) is 63.6 Å². The number of hydrogen-bond donors (Lipinski definition) is 1. The highest BCUT2D eigenvalue weighted by atomic mass is 32.1. The third kappa shape index (κ3) is 3.09. The first kappa shape index (κ1) is 17.5. The smallest absolute Gasteiger partial charge is 0.140 e. The van der Waals surface area contributed by atoms with Crippen molar-refractivity contribution in [1.29, 1.82) is 0 Å². The van der Waals surface area contributed by atoms with Gasteiger partial charge in [-0.05, 0) is 61.4 Å². The Morgan fingerprint density at radius 2 is 1.80 bits per heavy atom. The standard InChI is InChI=1S/C24H19N5S/c1-3-16(4-1)24-29-19-7-6-17(13-22(19)30-24)27-23-18-5-2-10-26-21(18)14-20(28-23)15-8-11-25-12-9-15/h2,5-14,16H,1,3-4H2,(H,27,28). The molecule has 6 heteroatoms. The lowest BCUT2D eigenvalue weighted by Gasteiger charge is -2.22. The maximum absolute atomic E-state index is 4.91. The molecule has 0 atom stereocenters. The molecule has 0 saturated heterocycles. The van der Waals surface area contributed by atoms with Gasteiger partial charge in [0.1, 0.15) is 5.82 Å². The molecule has 1 fully saturated rings. The van der Waals surface area contributed by atoms with Gasteiger partial charge in [0.2, 0.25) is 0 Å². The van der Waals surface area contributed by atoms with Crippen molar-refractivity contribution in [3.05, 3.63) is 72.1 Å². The maximum Gasteiger partial charge on any atom is 0.140 e. The van der Waals surface area contributed by atoms with Crippen molar-refractivity contribution in [2.45, 2.75) is 25.2 Å². The van der Waals surface area contributed by atoms with E-state index in [0.29, 0.717) is 5.92 Å². The number of aromatic nitrogens is 4. The Bertz CT molecular complexity index is 1360. The van der Waals surface area contributed by atoms with Crippen LogP contribution in [0.4, 0.5) is 11.5 Å². The molecule has 4 heterocycles. The highest BCUT2D eigenvalue weighted by molar-refractivity contribution is 7.18. The quantitative estimate of drug-likeness (QED) is 0.377. The lowest BCUT2D eigenvalue weighted by molar-refractivity contribution is 0.419. The molecular weight excluding hydrogens is 390 g/mol. The van der Waals surface area contributed by atoms with E-state index in [2.05, 4.69) is 33.5 Å². The van der Waals surface area contributed by atoms with E-state index in [4.69, 9.17) is 9.97 Å². The molecule has 1 saturated carbocycles. The molecule has 1 aromatic carbocycles. The molecule has 1 aliphatic rings. The third-order valence-electron chi connectivity index (χ3n) is 5.70. The minimum absolute atomic E-state index is 0.660. The average Bonchev–Trinajstić information content (AvgIpc) is 3.15. The van der Waals surface area contributed by atoms with Crippen molar-refractivity contribution in [2.75, 3.05) is 5.32 Å². The van der Waals surface area contributed by atoms with Gasteiger partial charge >= 0.3 is 0 Å². The molecule has 0 amide bonds. The lowest BCUT2D eigenvalue weighted by Crippen LogP contribution is -2.07. The number of fused-ring (bicyclic) bond motifs is 2. The summed E-state index contributed by atoms with van der Waals surface area (Å²) in [4.78, 5) is 18.4. The van der Waals surface area contributed by atoms with E-state index in [1.165, 1.54) is 29.0 Å². The number of benzene rings is 1. The maximum atomic E-state index is 4.91. The van der Waals surface area contributed by atoms with Crippen molar-refractivity contribution in [3.8, 4) is 11.3 Å². The molecule has 6 rings (SSSR count). The zero-order valence-electron chi connectivity index (χ0n) is 16.2. The van der Waals surface area contributed by atoms with Crippen molar-refractivity contribution in [2.24, 2.45) is 0 Å². The van der Waals surface area contributed by atoms with Crippen LogP contribution < -0.4 is 5.32 Å². The predicted octanol–water partition coefficient (Wildman–Crippen LogP) is 6.31. The van der Waals surface area contributed by atoms with Crippen LogP contribution in [0.3, 0.4) is 0 Å². The first-order valence-electron chi connectivity index (χ1n) is 10.2. The van der Waals surface area contributed by atoms with E-state index in [1.807, 2.05) is 47.9 Å². The molecule has 1 N–H and O–H groups in total. The van der Waals surface area contributed by atoms with Gasteiger partial charge in [-0.2, -0.15) is 0 Å². The summed E-state index contributed by atoms with van der Waals surface area (Å²) in [6, 6.07) is 16.3. The molecular formula is C24H19N5S. The number of nitrogens with zero attached hydrogens (tertiary/aromatic N) is 4. The van der Waals surface area contributed by atoms with Crippen molar-refractivity contribution >= 4 is 44.0 Å². The summed E-state index contributed by atoms with van der Waals surface area (Å²) in [6.07, 6.45) is 9.25. The zero-order valence-corrected chi connectivity index (χ0v) is 17.1. The normalized spacial score (nSPS) is 14.1. The first-order valence-corrected chi connectivity index (χ1v) is 11.0. The van der Waals surface area contributed by atoms with Gasteiger partial charge in [-0.3, -0.25) is 9.97 Å². The van der Waals surface area contributed by atoms with Gasteiger partial charge in [0.05, 0.1) is 26.4 Å². The Balaban J connectivity index is 1.41. The molecule has 0 spiro atoms. The molecule has 1 aliphatic carbocycles. The van der Waals surface area contributed by atoms with Crippen LogP contribution in [0.1, 0.15) is 30.2 Å². The molecule has 0 aliphatic heterocycles. The average molecular weight is 410 g/mol. The van der Waals surface area contributed by atoms with Crippen LogP contribution in [-0.2, 0) is 0 Å². The summed E-state index contributed by atoms with van der Waals surface area (Å²) in [6.45, 7) is 0. The molecule has 30 heavy (non-hydrogen) atoms. The third-order valence-corrected chi connectivity index (χ3v) is 6.88. The van der Waals surface area contributed by atoms with Gasteiger partial charge in [-0.25, -0.2) is 9.97 Å². The fraction of sp³-hybridized carbons (Fsp3) is 0.167. The minimum Gasteiger partial charge on any atom is -0.340 e. The Hall–Kier alpha value is -3.38. The fourth-order valence-corrected chi connectivity index (χ4v) is 5.00.